The van der Waals surface area contributed by atoms with Crippen molar-refractivity contribution in [3.8, 4) is 12.3 Å². The first-order valence-electron chi connectivity index (χ1n) is 5.04. The van der Waals surface area contributed by atoms with Crippen molar-refractivity contribution in [3.63, 3.8) is 0 Å². The molecule has 0 aromatic rings. The van der Waals surface area contributed by atoms with Crippen molar-refractivity contribution in [2.75, 3.05) is 13.1 Å². The fraction of sp³-hybridized carbons (Fsp3) is 0.818. The first kappa shape index (κ1) is 10.6. The second-order valence-corrected chi connectivity index (χ2v) is 4.37. The highest BCUT2D eigenvalue weighted by atomic mass is 15.2. The van der Waals surface area contributed by atoms with Crippen LogP contribution < -0.4 is 5.73 Å². The van der Waals surface area contributed by atoms with Crippen molar-refractivity contribution in [2.45, 2.75) is 44.7 Å². The Kier molecular flexibility index (Phi) is 3.35. The number of nitrogens with zero attached hydrogens (tertiary/aromatic N) is 1. The van der Waals surface area contributed by atoms with E-state index in [1.54, 1.807) is 0 Å². The molecule has 0 atom stereocenters. The molecule has 2 nitrogen and oxygen atoms in total. The molecule has 0 unspecified atom stereocenters. The second-order valence-electron chi connectivity index (χ2n) is 4.37. The molecule has 0 bridgehead atoms. The maximum atomic E-state index is 6.16. The fourth-order valence-corrected chi connectivity index (χ4v) is 1.87. The van der Waals surface area contributed by atoms with Gasteiger partial charge in [-0.3, -0.25) is 0 Å². The lowest BCUT2D eigenvalue weighted by Gasteiger charge is -2.40. The minimum Gasteiger partial charge on any atom is -0.324 e. The predicted molar refractivity (Wildman–Crippen MR) is 56.3 cm³/mol. The van der Waals surface area contributed by atoms with Crippen LogP contribution in [-0.2, 0) is 0 Å². The van der Waals surface area contributed by atoms with Crippen LogP contribution in [0.1, 0.15) is 33.1 Å². The minimum atomic E-state index is -0.0832. The molecule has 74 valence electrons. The molecule has 13 heavy (non-hydrogen) atoms. The van der Waals surface area contributed by atoms with Crippen LogP contribution in [0.15, 0.2) is 0 Å². The summed E-state index contributed by atoms with van der Waals surface area (Å²) in [6.45, 7) is 6.64. The van der Waals surface area contributed by atoms with Gasteiger partial charge in [0, 0.05) is 31.1 Å². The molecule has 0 spiro atoms. The van der Waals surface area contributed by atoms with E-state index < -0.39 is 0 Å². The van der Waals surface area contributed by atoms with Crippen molar-refractivity contribution in [1.29, 1.82) is 0 Å². The lowest BCUT2D eigenvalue weighted by Crippen LogP contribution is -2.51. The van der Waals surface area contributed by atoms with Gasteiger partial charge in [0.1, 0.15) is 0 Å². The topological polar surface area (TPSA) is 29.3 Å². The second kappa shape index (κ2) is 4.13. The van der Waals surface area contributed by atoms with Gasteiger partial charge in [-0.05, 0) is 26.7 Å². The molecule has 0 radical (unpaired) electrons. The highest BCUT2D eigenvalue weighted by Crippen LogP contribution is 2.23. The number of hydrogen-bond acceptors (Lipinski definition) is 2. The van der Waals surface area contributed by atoms with Crippen LogP contribution in [0.2, 0.25) is 0 Å². The molecule has 0 aliphatic carbocycles. The average Bonchev–Trinajstić information content (AvgIpc) is 2.05. The third-order valence-electron chi connectivity index (χ3n) is 2.98. The molecular weight excluding hydrogens is 160 g/mol. The Bertz CT molecular complexity index is 195. The lowest BCUT2D eigenvalue weighted by molar-refractivity contribution is 0.134. The lowest BCUT2D eigenvalue weighted by atomic mass is 9.85. The standard InChI is InChI=1S/C11H20N2/c1-4-5-11(12)6-8-13(9-7-11)10(2)3/h1,10H,5-9,12H2,2-3H3. The molecular formula is C11H20N2. The Morgan fingerprint density at radius 2 is 2.00 bits per heavy atom. The zero-order chi connectivity index (χ0) is 9.90. The molecule has 1 aliphatic heterocycles. The zero-order valence-corrected chi connectivity index (χ0v) is 8.71. The third kappa shape index (κ3) is 2.72. The minimum absolute atomic E-state index is 0.0832. The first-order chi connectivity index (χ1) is 6.07. The van der Waals surface area contributed by atoms with E-state index >= 15 is 0 Å². The van der Waals surface area contributed by atoms with Gasteiger partial charge in [-0.1, -0.05) is 0 Å². The predicted octanol–water partition coefficient (Wildman–Crippen LogP) is 1.21. The number of rotatable bonds is 2. The Balaban J connectivity index is 2.43. The van der Waals surface area contributed by atoms with Crippen LogP contribution in [0, 0.1) is 12.3 Å². The van der Waals surface area contributed by atoms with Gasteiger partial charge >= 0.3 is 0 Å². The summed E-state index contributed by atoms with van der Waals surface area (Å²) in [7, 11) is 0. The summed E-state index contributed by atoms with van der Waals surface area (Å²) in [4.78, 5) is 2.46. The van der Waals surface area contributed by atoms with Crippen LogP contribution in [0.25, 0.3) is 0 Å². The molecule has 1 rings (SSSR count). The van der Waals surface area contributed by atoms with E-state index in [1.165, 1.54) is 0 Å². The fourth-order valence-electron chi connectivity index (χ4n) is 1.87. The molecule has 0 aromatic carbocycles. The Morgan fingerprint density at radius 3 is 2.38 bits per heavy atom. The summed E-state index contributed by atoms with van der Waals surface area (Å²) in [5, 5.41) is 0. The maximum absolute atomic E-state index is 6.16. The quantitative estimate of drug-likeness (QED) is 0.647. The molecule has 1 fully saturated rings. The van der Waals surface area contributed by atoms with Gasteiger partial charge in [-0.15, -0.1) is 12.3 Å². The summed E-state index contributed by atoms with van der Waals surface area (Å²) < 4.78 is 0. The molecule has 1 heterocycles. The van der Waals surface area contributed by atoms with E-state index in [2.05, 4.69) is 24.7 Å². The van der Waals surface area contributed by atoms with E-state index in [1.807, 2.05) is 0 Å². The number of piperidine rings is 1. The van der Waals surface area contributed by atoms with E-state index in [0.29, 0.717) is 6.04 Å². The Morgan fingerprint density at radius 1 is 1.46 bits per heavy atom. The van der Waals surface area contributed by atoms with E-state index in [4.69, 9.17) is 12.2 Å². The monoisotopic (exact) mass is 180 g/mol. The number of terminal acetylenes is 1. The van der Waals surface area contributed by atoms with Crippen LogP contribution in [0.5, 0.6) is 0 Å². The van der Waals surface area contributed by atoms with Gasteiger partial charge in [0.2, 0.25) is 0 Å². The van der Waals surface area contributed by atoms with E-state index in [-0.39, 0.29) is 5.54 Å². The van der Waals surface area contributed by atoms with E-state index in [9.17, 15) is 0 Å². The average molecular weight is 180 g/mol. The summed E-state index contributed by atoms with van der Waals surface area (Å²) in [5.41, 5.74) is 6.08. The molecule has 2 heteroatoms. The maximum Gasteiger partial charge on any atom is 0.0289 e. The van der Waals surface area contributed by atoms with Gasteiger partial charge in [0.05, 0.1) is 0 Å². The van der Waals surface area contributed by atoms with Crippen molar-refractivity contribution in [1.82, 2.24) is 4.90 Å². The van der Waals surface area contributed by atoms with Gasteiger partial charge in [0.25, 0.3) is 0 Å². The summed E-state index contributed by atoms with van der Waals surface area (Å²) >= 11 is 0. The first-order valence-corrected chi connectivity index (χ1v) is 5.04. The Hall–Kier alpha value is -0.520. The Labute approximate surface area is 81.5 Å². The summed E-state index contributed by atoms with van der Waals surface area (Å²) in [5.74, 6) is 2.68. The van der Waals surface area contributed by atoms with Gasteiger partial charge in [-0.2, -0.15) is 0 Å². The van der Waals surface area contributed by atoms with Crippen LogP contribution in [0.4, 0.5) is 0 Å². The zero-order valence-electron chi connectivity index (χ0n) is 8.71. The van der Waals surface area contributed by atoms with E-state index in [0.717, 1.165) is 32.4 Å². The van der Waals surface area contributed by atoms with Gasteiger partial charge < -0.3 is 10.6 Å². The SMILES string of the molecule is C#CCC1(N)CCN(C(C)C)CC1. The number of hydrogen-bond donors (Lipinski definition) is 1. The smallest absolute Gasteiger partial charge is 0.0289 e. The number of likely N-dealkylation sites (tertiary alicyclic amines) is 1. The van der Waals surface area contributed by atoms with Crippen molar-refractivity contribution >= 4 is 0 Å². The van der Waals surface area contributed by atoms with Crippen molar-refractivity contribution in [2.24, 2.45) is 5.73 Å². The number of nitrogens with two attached hydrogens (primary N) is 1. The highest BCUT2D eigenvalue weighted by molar-refractivity contribution is 5.01. The van der Waals surface area contributed by atoms with Crippen LogP contribution in [0.3, 0.4) is 0 Å². The largest absolute Gasteiger partial charge is 0.324 e. The van der Waals surface area contributed by atoms with Gasteiger partial charge in [0.15, 0.2) is 0 Å². The molecule has 0 aromatic heterocycles. The van der Waals surface area contributed by atoms with Gasteiger partial charge in [-0.25, -0.2) is 0 Å². The normalized spacial score (nSPS) is 23.0. The van der Waals surface area contributed by atoms with Crippen LogP contribution in [-0.4, -0.2) is 29.6 Å². The van der Waals surface area contributed by atoms with Crippen molar-refractivity contribution < 1.29 is 0 Å². The summed E-state index contributed by atoms with van der Waals surface area (Å²) in [6.07, 6.45) is 8.09. The molecule has 1 saturated heterocycles. The molecule has 2 N–H and O–H groups in total. The molecule has 1 aliphatic rings. The van der Waals surface area contributed by atoms with Crippen LogP contribution >= 0.6 is 0 Å². The highest BCUT2D eigenvalue weighted by Gasteiger charge is 2.30. The summed E-state index contributed by atoms with van der Waals surface area (Å²) in [6, 6.07) is 0.635. The molecule has 0 saturated carbocycles. The van der Waals surface area contributed by atoms with Crippen molar-refractivity contribution in [3.05, 3.63) is 0 Å². The molecule has 0 amide bonds. The third-order valence-corrected chi connectivity index (χ3v) is 2.98.